The highest BCUT2D eigenvalue weighted by atomic mass is 16.1. The maximum atomic E-state index is 12.7. The SMILES string of the molecule is CCCc1c(C(=O)NCC(C)C)cnc2c(-c3ccccc3)c(C)nn12. The van der Waals surface area contributed by atoms with Crippen LogP contribution >= 0.6 is 0 Å². The quantitative estimate of drug-likeness (QED) is 0.730. The lowest BCUT2D eigenvalue weighted by molar-refractivity contribution is 0.0947. The van der Waals surface area contributed by atoms with Gasteiger partial charge in [-0.15, -0.1) is 0 Å². The molecule has 0 atom stereocenters. The summed E-state index contributed by atoms with van der Waals surface area (Å²) in [5, 5.41) is 7.72. The number of amides is 1. The maximum Gasteiger partial charge on any atom is 0.254 e. The van der Waals surface area contributed by atoms with Crippen molar-refractivity contribution in [2.24, 2.45) is 5.92 Å². The number of rotatable bonds is 6. The predicted molar refractivity (Wildman–Crippen MR) is 104 cm³/mol. The van der Waals surface area contributed by atoms with Crippen LogP contribution in [0, 0.1) is 12.8 Å². The summed E-state index contributed by atoms with van der Waals surface area (Å²) in [5.41, 5.74) is 5.37. The molecule has 0 aliphatic rings. The monoisotopic (exact) mass is 350 g/mol. The van der Waals surface area contributed by atoms with Gasteiger partial charge < -0.3 is 5.32 Å². The van der Waals surface area contributed by atoms with Crippen LogP contribution in [0.2, 0.25) is 0 Å². The van der Waals surface area contributed by atoms with Gasteiger partial charge in [0.1, 0.15) is 0 Å². The highest BCUT2D eigenvalue weighted by Crippen LogP contribution is 2.28. The molecular weight excluding hydrogens is 324 g/mol. The van der Waals surface area contributed by atoms with E-state index in [0.29, 0.717) is 18.0 Å². The van der Waals surface area contributed by atoms with E-state index in [0.717, 1.165) is 41.0 Å². The standard InChI is InChI=1S/C21H26N4O/c1-5-9-18-17(21(26)23-12-14(2)3)13-22-20-19(15(4)24-25(18)20)16-10-7-6-8-11-16/h6-8,10-11,13-14H,5,9,12H2,1-4H3,(H,23,26). The Kier molecular flexibility index (Phi) is 5.35. The van der Waals surface area contributed by atoms with E-state index in [1.165, 1.54) is 0 Å². The molecule has 0 spiro atoms. The Hall–Kier alpha value is -2.69. The van der Waals surface area contributed by atoms with Gasteiger partial charge >= 0.3 is 0 Å². The highest BCUT2D eigenvalue weighted by molar-refractivity contribution is 5.95. The predicted octanol–water partition coefficient (Wildman–Crippen LogP) is 4.04. The van der Waals surface area contributed by atoms with Crippen molar-refractivity contribution >= 4 is 11.6 Å². The van der Waals surface area contributed by atoms with Crippen LogP contribution in [-0.2, 0) is 6.42 Å². The van der Waals surface area contributed by atoms with Gasteiger partial charge in [-0.2, -0.15) is 5.10 Å². The summed E-state index contributed by atoms with van der Waals surface area (Å²) in [6.07, 6.45) is 3.41. The lowest BCUT2D eigenvalue weighted by Gasteiger charge is -2.12. The first kappa shape index (κ1) is 18.1. The molecule has 0 bridgehead atoms. The zero-order chi connectivity index (χ0) is 18.7. The number of aryl methyl sites for hydroxylation is 2. The van der Waals surface area contributed by atoms with Crippen LogP contribution in [0.5, 0.6) is 0 Å². The van der Waals surface area contributed by atoms with E-state index >= 15 is 0 Å². The third-order valence-electron chi connectivity index (χ3n) is 4.38. The minimum Gasteiger partial charge on any atom is -0.352 e. The largest absolute Gasteiger partial charge is 0.352 e. The smallest absolute Gasteiger partial charge is 0.254 e. The molecule has 0 radical (unpaired) electrons. The molecular formula is C21H26N4O. The Morgan fingerprint density at radius 2 is 1.96 bits per heavy atom. The van der Waals surface area contributed by atoms with Crippen molar-refractivity contribution in [3.05, 3.63) is 53.5 Å². The number of hydrogen-bond acceptors (Lipinski definition) is 3. The average molecular weight is 350 g/mol. The zero-order valence-electron chi connectivity index (χ0n) is 15.9. The Balaban J connectivity index is 2.13. The van der Waals surface area contributed by atoms with E-state index < -0.39 is 0 Å². The number of nitrogens with one attached hydrogen (secondary N) is 1. The van der Waals surface area contributed by atoms with Gasteiger partial charge in [-0.25, -0.2) is 9.50 Å². The molecule has 2 aromatic heterocycles. The van der Waals surface area contributed by atoms with Gasteiger partial charge in [-0.3, -0.25) is 4.79 Å². The second-order valence-electron chi connectivity index (χ2n) is 7.03. The van der Waals surface area contributed by atoms with Crippen LogP contribution in [0.15, 0.2) is 36.5 Å². The second-order valence-corrected chi connectivity index (χ2v) is 7.03. The van der Waals surface area contributed by atoms with Crippen molar-refractivity contribution in [1.82, 2.24) is 19.9 Å². The van der Waals surface area contributed by atoms with E-state index in [1.807, 2.05) is 29.6 Å². The summed E-state index contributed by atoms with van der Waals surface area (Å²) in [5.74, 6) is 0.327. The first-order chi connectivity index (χ1) is 12.5. The lowest BCUT2D eigenvalue weighted by atomic mass is 10.1. The third-order valence-corrected chi connectivity index (χ3v) is 4.38. The van der Waals surface area contributed by atoms with E-state index in [9.17, 15) is 4.79 Å². The Morgan fingerprint density at radius 3 is 2.62 bits per heavy atom. The molecule has 1 aromatic carbocycles. The molecule has 0 fully saturated rings. The minimum atomic E-state index is -0.0778. The molecule has 3 rings (SSSR count). The van der Waals surface area contributed by atoms with E-state index in [4.69, 9.17) is 5.10 Å². The number of carbonyl (C=O) groups is 1. The molecule has 3 aromatic rings. The first-order valence-electron chi connectivity index (χ1n) is 9.23. The summed E-state index contributed by atoms with van der Waals surface area (Å²) in [6.45, 7) is 8.91. The highest BCUT2D eigenvalue weighted by Gasteiger charge is 2.20. The molecule has 5 nitrogen and oxygen atoms in total. The molecule has 1 amide bonds. The fourth-order valence-electron chi connectivity index (χ4n) is 3.14. The van der Waals surface area contributed by atoms with Crippen molar-refractivity contribution in [3.63, 3.8) is 0 Å². The van der Waals surface area contributed by atoms with Crippen molar-refractivity contribution < 1.29 is 4.79 Å². The van der Waals surface area contributed by atoms with E-state index in [2.05, 4.69) is 43.2 Å². The van der Waals surface area contributed by atoms with Crippen LogP contribution in [0.4, 0.5) is 0 Å². The van der Waals surface area contributed by atoms with Gasteiger partial charge in [-0.1, -0.05) is 57.5 Å². The fourth-order valence-corrected chi connectivity index (χ4v) is 3.14. The normalized spacial score (nSPS) is 11.3. The van der Waals surface area contributed by atoms with Crippen molar-refractivity contribution in [2.45, 2.75) is 40.5 Å². The Bertz CT molecular complexity index is 913. The topological polar surface area (TPSA) is 59.3 Å². The summed E-state index contributed by atoms with van der Waals surface area (Å²) in [4.78, 5) is 17.3. The lowest BCUT2D eigenvalue weighted by Crippen LogP contribution is -2.29. The summed E-state index contributed by atoms with van der Waals surface area (Å²) in [6, 6.07) is 10.2. The van der Waals surface area contributed by atoms with Crippen LogP contribution in [0.3, 0.4) is 0 Å². The van der Waals surface area contributed by atoms with Gasteiger partial charge in [0.25, 0.3) is 5.91 Å². The molecule has 0 unspecified atom stereocenters. The van der Waals surface area contributed by atoms with Gasteiger partial charge in [0, 0.05) is 18.3 Å². The number of aromatic nitrogens is 3. The van der Waals surface area contributed by atoms with Gasteiger partial charge in [0.05, 0.1) is 17.0 Å². The number of benzene rings is 1. The summed E-state index contributed by atoms with van der Waals surface area (Å²) in [7, 11) is 0. The van der Waals surface area contributed by atoms with Crippen molar-refractivity contribution in [3.8, 4) is 11.1 Å². The summed E-state index contributed by atoms with van der Waals surface area (Å²) < 4.78 is 1.85. The Labute approximate surface area is 154 Å². The van der Waals surface area contributed by atoms with Crippen molar-refractivity contribution in [2.75, 3.05) is 6.54 Å². The maximum absolute atomic E-state index is 12.7. The molecule has 0 saturated heterocycles. The van der Waals surface area contributed by atoms with E-state index in [-0.39, 0.29) is 5.91 Å². The molecule has 0 aliphatic carbocycles. The van der Waals surface area contributed by atoms with E-state index in [1.54, 1.807) is 6.20 Å². The number of fused-ring (bicyclic) bond motifs is 1. The molecule has 26 heavy (non-hydrogen) atoms. The molecule has 2 heterocycles. The van der Waals surface area contributed by atoms with Gasteiger partial charge in [-0.05, 0) is 24.8 Å². The van der Waals surface area contributed by atoms with Crippen LogP contribution < -0.4 is 5.32 Å². The first-order valence-corrected chi connectivity index (χ1v) is 9.23. The van der Waals surface area contributed by atoms with Crippen LogP contribution in [0.1, 0.15) is 48.9 Å². The fraction of sp³-hybridized carbons (Fsp3) is 0.381. The molecule has 0 aliphatic heterocycles. The number of carbonyl (C=O) groups excluding carboxylic acids is 1. The molecule has 5 heteroatoms. The van der Waals surface area contributed by atoms with Crippen LogP contribution in [0.25, 0.3) is 16.8 Å². The van der Waals surface area contributed by atoms with Crippen LogP contribution in [-0.4, -0.2) is 27.0 Å². The summed E-state index contributed by atoms with van der Waals surface area (Å²) >= 11 is 0. The van der Waals surface area contributed by atoms with Crippen molar-refractivity contribution in [1.29, 1.82) is 0 Å². The van der Waals surface area contributed by atoms with Gasteiger partial charge in [0.15, 0.2) is 5.65 Å². The average Bonchev–Trinajstić information content (AvgIpc) is 2.97. The molecule has 1 N–H and O–H groups in total. The zero-order valence-corrected chi connectivity index (χ0v) is 15.9. The second kappa shape index (κ2) is 7.68. The third kappa shape index (κ3) is 3.47. The Morgan fingerprint density at radius 1 is 1.23 bits per heavy atom. The molecule has 136 valence electrons. The van der Waals surface area contributed by atoms with Gasteiger partial charge in [0.2, 0.25) is 0 Å². The number of hydrogen-bond donors (Lipinski definition) is 1. The number of nitrogens with zero attached hydrogens (tertiary/aromatic N) is 3. The minimum absolute atomic E-state index is 0.0778. The molecule has 0 saturated carbocycles.